The number of alkyl halides is 3. The summed E-state index contributed by atoms with van der Waals surface area (Å²) in [5.41, 5.74) is 0.422. The molecular formula is C31H43F3N4O2S. The number of fused-ring (bicyclic) bond motifs is 6. The molecule has 0 saturated carbocycles. The molecule has 3 heterocycles. The summed E-state index contributed by atoms with van der Waals surface area (Å²) in [6.45, 7) is 12.4. The highest BCUT2D eigenvalue weighted by Gasteiger charge is 2.35. The lowest BCUT2D eigenvalue weighted by molar-refractivity contribution is -0.137. The number of halogens is 3. The van der Waals surface area contributed by atoms with Gasteiger partial charge in [-0.2, -0.15) is 13.2 Å². The summed E-state index contributed by atoms with van der Waals surface area (Å²) in [5, 5.41) is 9.89. The predicted octanol–water partition coefficient (Wildman–Crippen LogP) is 9.37. The number of aryl methyl sites for hydroxylation is 1. The molecule has 3 aromatic rings. The number of benzene rings is 1. The van der Waals surface area contributed by atoms with E-state index in [0.717, 1.165) is 49.3 Å². The zero-order chi connectivity index (χ0) is 30.8. The Balaban J connectivity index is 0.00000131. The van der Waals surface area contributed by atoms with Crippen molar-refractivity contribution in [1.29, 1.82) is 0 Å². The Kier molecular flexibility index (Phi) is 16.5. The summed E-state index contributed by atoms with van der Waals surface area (Å²) < 4.78 is 44.6. The molecule has 1 aliphatic heterocycles. The smallest absolute Gasteiger partial charge is 0.418 e. The average Bonchev–Trinajstić information content (AvgIpc) is 2.99. The number of carboxylic acid groups (broad SMARTS) is 1. The summed E-state index contributed by atoms with van der Waals surface area (Å²) in [4.78, 5) is 22.0. The number of pyridine rings is 2. The fourth-order valence-corrected chi connectivity index (χ4v) is 4.68. The molecule has 0 atom stereocenters. The van der Waals surface area contributed by atoms with Crippen LogP contribution in [0.5, 0.6) is 0 Å². The molecule has 6 nitrogen and oxygen atoms in total. The number of nitrogens with one attached hydrogen (secondary N) is 1. The van der Waals surface area contributed by atoms with Crippen molar-refractivity contribution in [3.05, 3.63) is 65.7 Å². The second-order valence-electron chi connectivity index (χ2n) is 8.27. The normalized spacial score (nSPS) is 13.2. The number of aromatic nitrogens is 2. The first-order valence-electron chi connectivity index (χ1n) is 14.3. The van der Waals surface area contributed by atoms with Gasteiger partial charge < -0.3 is 14.7 Å². The first-order valence-corrected chi connectivity index (χ1v) is 15.2. The zero-order valence-corrected chi connectivity index (χ0v) is 25.7. The Hall–Kier alpha value is -3.27. The number of hydrogen-bond donors (Lipinski definition) is 2. The van der Waals surface area contributed by atoms with Crippen molar-refractivity contribution in [2.45, 2.75) is 84.8 Å². The van der Waals surface area contributed by atoms with Crippen LogP contribution in [0.4, 0.5) is 24.8 Å². The molecule has 0 spiro atoms. The number of rotatable bonds is 2. The largest absolute Gasteiger partial charge is 0.480 e. The maximum absolute atomic E-state index is 13.9. The van der Waals surface area contributed by atoms with Crippen molar-refractivity contribution in [2.24, 2.45) is 0 Å². The Morgan fingerprint density at radius 1 is 0.902 bits per heavy atom. The third-order valence-electron chi connectivity index (χ3n) is 5.72. The van der Waals surface area contributed by atoms with Gasteiger partial charge in [0.2, 0.25) is 0 Å². The van der Waals surface area contributed by atoms with Gasteiger partial charge in [0.1, 0.15) is 23.2 Å². The third-order valence-corrected chi connectivity index (χ3v) is 6.46. The lowest BCUT2D eigenvalue weighted by Gasteiger charge is -2.22. The Bertz CT molecular complexity index is 1190. The van der Waals surface area contributed by atoms with Crippen molar-refractivity contribution in [3.8, 4) is 11.3 Å². The van der Waals surface area contributed by atoms with E-state index in [4.69, 9.17) is 0 Å². The molecule has 2 N–H and O–H groups in total. The Morgan fingerprint density at radius 3 is 2.27 bits per heavy atom. The van der Waals surface area contributed by atoms with Crippen molar-refractivity contribution in [3.63, 3.8) is 0 Å². The number of carboxylic acids is 1. The maximum atomic E-state index is 13.9. The van der Waals surface area contributed by atoms with E-state index in [1.165, 1.54) is 6.07 Å². The number of hydrogen-bond acceptors (Lipinski definition) is 6. The molecule has 0 saturated heterocycles. The van der Waals surface area contributed by atoms with Crippen LogP contribution in [0.15, 0.2) is 59.6 Å². The molecule has 226 valence electrons. The first kappa shape index (κ1) is 35.8. The fraction of sp³-hybridized carbons (Fsp3) is 0.452. The minimum absolute atomic E-state index is 0.0997. The van der Waals surface area contributed by atoms with E-state index in [0.29, 0.717) is 29.4 Å². The molecule has 4 rings (SSSR count). The second-order valence-corrected chi connectivity index (χ2v) is 9.09. The lowest BCUT2D eigenvalue weighted by atomic mass is 9.96. The van der Waals surface area contributed by atoms with E-state index in [1.54, 1.807) is 35.2 Å². The van der Waals surface area contributed by atoms with Crippen LogP contribution in [0.2, 0.25) is 0 Å². The molecule has 1 aromatic carbocycles. The van der Waals surface area contributed by atoms with Crippen LogP contribution < -0.4 is 9.62 Å². The van der Waals surface area contributed by atoms with Crippen LogP contribution in [0.1, 0.15) is 78.4 Å². The molecule has 0 radical (unpaired) electrons. The molecule has 10 heteroatoms. The van der Waals surface area contributed by atoms with E-state index >= 15 is 0 Å². The second kappa shape index (κ2) is 19.0. The van der Waals surface area contributed by atoms with Crippen LogP contribution >= 0.6 is 11.9 Å². The van der Waals surface area contributed by atoms with Gasteiger partial charge in [-0.15, -0.1) is 0 Å². The lowest BCUT2D eigenvalue weighted by Crippen LogP contribution is -2.31. The van der Waals surface area contributed by atoms with Crippen LogP contribution in [0, 0.1) is 0 Å². The standard InChI is InChI=1S/C25H25F3N4O2S.3C2H6/c26-25(27,28)19-13-14-20-29-24(19)18-10-5-4-9-17(18)8-3-1-2-6-15-32(16-23(33)34)21-11-7-12-22(30-21)35-31-20;3*1-2/h4-5,7,9-14H,1-3,6,8,15-16H2,(H,29,31)(H,33,34);3*1-2H3. The van der Waals surface area contributed by atoms with Crippen LogP contribution in [0.25, 0.3) is 11.3 Å². The predicted molar refractivity (Wildman–Crippen MR) is 164 cm³/mol. The molecule has 0 unspecified atom stereocenters. The average molecular weight is 593 g/mol. The van der Waals surface area contributed by atoms with E-state index < -0.39 is 17.7 Å². The SMILES string of the molecule is CC.CC.CC.O=C(O)CN1CCCCCCc2ccccc2-c2nc(ccc2C(F)(F)F)NSc2cccc1n2. The minimum atomic E-state index is -4.54. The molecule has 1 aliphatic rings. The van der Waals surface area contributed by atoms with Gasteiger partial charge in [0.15, 0.2) is 0 Å². The summed E-state index contributed by atoms with van der Waals surface area (Å²) in [6.07, 6.45) is -0.576. The van der Waals surface area contributed by atoms with E-state index in [2.05, 4.69) is 14.7 Å². The van der Waals surface area contributed by atoms with Crippen molar-refractivity contribution >= 4 is 29.6 Å². The van der Waals surface area contributed by atoms with Crippen molar-refractivity contribution < 1.29 is 23.1 Å². The van der Waals surface area contributed by atoms with E-state index in [-0.39, 0.29) is 18.1 Å². The molecule has 0 fully saturated rings. The van der Waals surface area contributed by atoms with E-state index in [9.17, 15) is 23.1 Å². The van der Waals surface area contributed by atoms with Crippen molar-refractivity contribution in [2.75, 3.05) is 22.7 Å². The van der Waals surface area contributed by atoms with Crippen LogP contribution in [0.3, 0.4) is 0 Å². The fourth-order valence-electron chi connectivity index (χ4n) is 4.07. The quantitative estimate of drug-likeness (QED) is 0.287. The van der Waals surface area contributed by atoms with Gasteiger partial charge in [0, 0.05) is 24.1 Å². The van der Waals surface area contributed by atoms with Gasteiger partial charge in [0.25, 0.3) is 0 Å². The molecule has 0 amide bonds. The van der Waals surface area contributed by atoms with E-state index in [1.807, 2.05) is 53.7 Å². The Labute approximate surface area is 246 Å². The molecular weight excluding hydrogens is 549 g/mol. The summed E-state index contributed by atoms with van der Waals surface area (Å²) in [5.74, 6) is -0.129. The molecule has 0 aliphatic carbocycles. The van der Waals surface area contributed by atoms with Crippen LogP contribution in [-0.2, 0) is 17.4 Å². The van der Waals surface area contributed by atoms with Gasteiger partial charge >= 0.3 is 12.1 Å². The highest BCUT2D eigenvalue weighted by molar-refractivity contribution is 8.00. The first-order chi connectivity index (χ1) is 19.8. The zero-order valence-electron chi connectivity index (χ0n) is 24.9. The molecule has 2 aromatic heterocycles. The highest BCUT2D eigenvalue weighted by atomic mass is 32.2. The van der Waals surface area contributed by atoms with Gasteiger partial charge in [-0.25, -0.2) is 9.97 Å². The maximum Gasteiger partial charge on any atom is 0.418 e. The number of carbonyl (C=O) groups is 1. The molecule has 41 heavy (non-hydrogen) atoms. The topological polar surface area (TPSA) is 78.3 Å². The summed E-state index contributed by atoms with van der Waals surface area (Å²) in [7, 11) is 0. The summed E-state index contributed by atoms with van der Waals surface area (Å²) in [6, 6.07) is 14.7. The molecule has 4 bridgehead atoms. The van der Waals surface area contributed by atoms with Crippen molar-refractivity contribution in [1.82, 2.24) is 9.97 Å². The van der Waals surface area contributed by atoms with Gasteiger partial charge in [-0.1, -0.05) is 84.7 Å². The van der Waals surface area contributed by atoms with Crippen LogP contribution in [-0.4, -0.2) is 34.1 Å². The third kappa shape index (κ3) is 11.3. The van der Waals surface area contributed by atoms with Gasteiger partial charge in [-0.05, 0) is 49.1 Å². The monoisotopic (exact) mass is 592 g/mol. The van der Waals surface area contributed by atoms with Gasteiger partial charge in [-0.3, -0.25) is 4.79 Å². The number of aliphatic carboxylic acids is 1. The Morgan fingerprint density at radius 2 is 1.59 bits per heavy atom. The minimum Gasteiger partial charge on any atom is -0.480 e. The summed E-state index contributed by atoms with van der Waals surface area (Å²) >= 11 is 1.11. The van der Waals surface area contributed by atoms with Gasteiger partial charge in [0.05, 0.1) is 11.3 Å². The number of anilines is 2. The number of nitrogens with zero attached hydrogens (tertiary/aromatic N) is 3. The highest BCUT2D eigenvalue weighted by Crippen LogP contribution is 2.38.